The van der Waals surface area contributed by atoms with E-state index in [0.717, 1.165) is 31.8 Å². The minimum Gasteiger partial charge on any atom is -0.481 e. The van der Waals surface area contributed by atoms with Gasteiger partial charge in [0, 0.05) is 13.1 Å². The number of nitrogens with zero attached hydrogens (tertiary/aromatic N) is 2. The molecule has 2 aliphatic heterocycles. The summed E-state index contributed by atoms with van der Waals surface area (Å²) in [7, 11) is 0. The summed E-state index contributed by atoms with van der Waals surface area (Å²) in [4.78, 5) is 27.6. The smallest absolute Gasteiger partial charge is 0.306 e. The number of carboxylic acid groups (broad SMARTS) is 1. The molecule has 2 rings (SSSR count). The second-order valence-corrected chi connectivity index (χ2v) is 6.33. The van der Waals surface area contributed by atoms with E-state index in [-0.39, 0.29) is 17.9 Å². The van der Waals surface area contributed by atoms with Crippen LogP contribution in [0.4, 0.5) is 0 Å². The molecule has 0 aromatic rings. The number of carbonyl (C=O) groups excluding carboxylic acids is 1. The lowest BCUT2D eigenvalue weighted by Gasteiger charge is -2.38. The predicted octanol–water partition coefficient (Wildman–Crippen LogP) is 1.43. The lowest BCUT2D eigenvalue weighted by molar-refractivity contribution is -0.144. The second-order valence-electron chi connectivity index (χ2n) is 6.33. The summed E-state index contributed by atoms with van der Waals surface area (Å²) in [6.07, 6.45) is 3.51. The van der Waals surface area contributed by atoms with Gasteiger partial charge in [0.05, 0.1) is 12.0 Å². The number of carboxylic acids is 1. The molecule has 0 spiro atoms. The van der Waals surface area contributed by atoms with E-state index in [2.05, 4.69) is 11.8 Å². The van der Waals surface area contributed by atoms with Crippen LogP contribution in [-0.2, 0) is 9.59 Å². The molecule has 1 atom stereocenters. The summed E-state index contributed by atoms with van der Waals surface area (Å²) in [6, 6.07) is -0.113. The molecule has 114 valence electrons. The molecule has 1 unspecified atom stereocenters. The van der Waals surface area contributed by atoms with Crippen LogP contribution in [0.2, 0.25) is 0 Å². The van der Waals surface area contributed by atoms with Crippen molar-refractivity contribution in [2.24, 2.45) is 11.8 Å². The van der Waals surface area contributed by atoms with Gasteiger partial charge in [-0.25, -0.2) is 0 Å². The molecule has 0 aliphatic carbocycles. The number of hydrogen-bond acceptors (Lipinski definition) is 3. The Labute approximate surface area is 120 Å². The third-order valence-corrected chi connectivity index (χ3v) is 4.88. The summed E-state index contributed by atoms with van der Waals surface area (Å²) in [5.74, 6) is 0.00405. The number of amides is 1. The first-order chi connectivity index (χ1) is 9.49. The normalized spacial score (nSPS) is 24.6. The van der Waals surface area contributed by atoms with Gasteiger partial charge in [0.2, 0.25) is 5.91 Å². The quantitative estimate of drug-likeness (QED) is 0.850. The molecule has 2 fully saturated rings. The summed E-state index contributed by atoms with van der Waals surface area (Å²) < 4.78 is 0. The summed E-state index contributed by atoms with van der Waals surface area (Å²) in [5.41, 5.74) is 0. The van der Waals surface area contributed by atoms with Crippen molar-refractivity contribution in [3.8, 4) is 0 Å². The second kappa shape index (κ2) is 6.57. The molecule has 5 nitrogen and oxygen atoms in total. The Morgan fingerprint density at radius 2 is 1.60 bits per heavy atom. The zero-order chi connectivity index (χ0) is 14.7. The molecule has 0 saturated carbocycles. The average Bonchev–Trinajstić information content (AvgIpc) is 2.46. The zero-order valence-corrected chi connectivity index (χ0v) is 12.5. The van der Waals surface area contributed by atoms with E-state index < -0.39 is 5.97 Å². The Morgan fingerprint density at radius 3 is 2.10 bits per heavy atom. The first-order valence-corrected chi connectivity index (χ1v) is 7.74. The van der Waals surface area contributed by atoms with Gasteiger partial charge in [-0.2, -0.15) is 0 Å². The van der Waals surface area contributed by atoms with Gasteiger partial charge in [-0.05, 0) is 51.6 Å². The molecule has 2 saturated heterocycles. The van der Waals surface area contributed by atoms with E-state index in [4.69, 9.17) is 5.11 Å². The lowest BCUT2D eigenvalue weighted by Crippen LogP contribution is -2.51. The van der Waals surface area contributed by atoms with Gasteiger partial charge in [0.25, 0.3) is 0 Å². The molecule has 20 heavy (non-hydrogen) atoms. The van der Waals surface area contributed by atoms with Crippen LogP contribution in [0.25, 0.3) is 0 Å². The minimum atomic E-state index is -0.700. The average molecular weight is 282 g/mol. The van der Waals surface area contributed by atoms with Crippen LogP contribution >= 0.6 is 0 Å². The monoisotopic (exact) mass is 282 g/mol. The highest BCUT2D eigenvalue weighted by Gasteiger charge is 2.32. The number of piperidine rings is 2. The maximum Gasteiger partial charge on any atom is 0.306 e. The Bertz CT molecular complexity index is 356. The fourth-order valence-corrected chi connectivity index (χ4v) is 3.18. The molecule has 1 N–H and O–H groups in total. The summed E-state index contributed by atoms with van der Waals surface area (Å²) in [6.45, 7) is 7.37. The SMILES string of the molecule is CC1CCN(C(=O)C(C)N2CCC(C(=O)O)CC2)CC1. The van der Waals surface area contributed by atoms with Gasteiger partial charge in [0.15, 0.2) is 0 Å². The molecular weight excluding hydrogens is 256 g/mol. The van der Waals surface area contributed by atoms with Crippen LogP contribution in [0.5, 0.6) is 0 Å². The largest absolute Gasteiger partial charge is 0.481 e. The van der Waals surface area contributed by atoms with E-state index in [1.165, 1.54) is 0 Å². The van der Waals surface area contributed by atoms with Crippen LogP contribution in [0.1, 0.15) is 39.5 Å². The highest BCUT2D eigenvalue weighted by molar-refractivity contribution is 5.81. The number of rotatable bonds is 3. The maximum absolute atomic E-state index is 12.5. The van der Waals surface area contributed by atoms with E-state index >= 15 is 0 Å². The molecule has 1 amide bonds. The summed E-state index contributed by atoms with van der Waals surface area (Å²) >= 11 is 0. The van der Waals surface area contributed by atoms with Gasteiger partial charge >= 0.3 is 5.97 Å². The van der Waals surface area contributed by atoms with Crippen molar-refractivity contribution in [1.29, 1.82) is 0 Å². The van der Waals surface area contributed by atoms with Crippen molar-refractivity contribution in [1.82, 2.24) is 9.80 Å². The Balaban J connectivity index is 1.83. The summed E-state index contributed by atoms with van der Waals surface area (Å²) in [5, 5.41) is 9.01. The Morgan fingerprint density at radius 1 is 1.05 bits per heavy atom. The number of aliphatic carboxylic acids is 1. The first kappa shape index (κ1) is 15.3. The highest BCUT2D eigenvalue weighted by Crippen LogP contribution is 2.22. The van der Waals surface area contributed by atoms with E-state index in [9.17, 15) is 9.59 Å². The van der Waals surface area contributed by atoms with Crippen LogP contribution in [0, 0.1) is 11.8 Å². The highest BCUT2D eigenvalue weighted by atomic mass is 16.4. The fourth-order valence-electron chi connectivity index (χ4n) is 3.18. The molecule has 2 aliphatic rings. The number of carbonyl (C=O) groups is 2. The molecule has 0 aromatic carbocycles. The molecule has 5 heteroatoms. The zero-order valence-electron chi connectivity index (χ0n) is 12.5. The lowest BCUT2D eigenvalue weighted by atomic mass is 9.95. The molecule has 2 heterocycles. The third-order valence-electron chi connectivity index (χ3n) is 4.88. The maximum atomic E-state index is 12.5. The third kappa shape index (κ3) is 3.51. The number of hydrogen-bond donors (Lipinski definition) is 1. The van der Waals surface area contributed by atoms with E-state index in [1.807, 2.05) is 11.8 Å². The standard InChI is InChI=1S/C15H26N2O3/c1-11-3-7-17(8-4-11)14(18)12(2)16-9-5-13(6-10-16)15(19)20/h11-13H,3-10H2,1-2H3,(H,19,20). The van der Waals surface area contributed by atoms with Crippen LogP contribution in [-0.4, -0.2) is 59.0 Å². The minimum absolute atomic E-state index is 0.113. The topological polar surface area (TPSA) is 60.9 Å². The van der Waals surface area contributed by atoms with Crippen molar-refractivity contribution in [3.63, 3.8) is 0 Å². The molecule has 0 bridgehead atoms. The predicted molar refractivity (Wildman–Crippen MR) is 76.4 cm³/mol. The van der Waals surface area contributed by atoms with Gasteiger partial charge in [-0.15, -0.1) is 0 Å². The van der Waals surface area contributed by atoms with Crippen molar-refractivity contribution >= 4 is 11.9 Å². The van der Waals surface area contributed by atoms with Crippen molar-refractivity contribution in [3.05, 3.63) is 0 Å². The Kier molecular flexibility index (Phi) is 5.02. The Hall–Kier alpha value is -1.10. The first-order valence-electron chi connectivity index (χ1n) is 7.74. The molecule has 0 aromatic heterocycles. The van der Waals surface area contributed by atoms with Gasteiger partial charge in [0.1, 0.15) is 0 Å². The van der Waals surface area contributed by atoms with E-state index in [0.29, 0.717) is 25.9 Å². The van der Waals surface area contributed by atoms with Gasteiger partial charge in [-0.3, -0.25) is 14.5 Å². The van der Waals surface area contributed by atoms with Crippen LogP contribution < -0.4 is 0 Å². The van der Waals surface area contributed by atoms with Crippen molar-refractivity contribution in [2.45, 2.75) is 45.6 Å². The van der Waals surface area contributed by atoms with Crippen molar-refractivity contribution in [2.75, 3.05) is 26.2 Å². The fraction of sp³-hybridized carbons (Fsp3) is 0.867. The van der Waals surface area contributed by atoms with Gasteiger partial charge < -0.3 is 10.0 Å². The number of likely N-dealkylation sites (tertiary alicyclic amines) is 2. The van der Waals surface area contributed by atoms with E-state index in [1.54, 1.807) is 0 Å². The van der Waals surface area contributed by atoms with Crippen LogP contribution in [0.15, 0.2) is 0 Å². The van der Waals surface area contributed by atoms with Crippen molar-refractivity contribution < 1.29 is 14.7 Å². The van der Waals surface area contributed by atoms with Gasteiger partial charge in [-0.1, -0.05) is 6.92 Å². The van der Waals surface area contributed by atoms with Crippen LogP contribution in [0.3, 0.4) is 0 Å². The molecular formula is C15H26N2O3. The molecule has 0 radical (unpaired) electrons.